The highest BCUT2D eigenvalue weighted by Gasteiger charge is 2.26. The topological polar surface area (TPSA) is 69.6 Å². The predicted octanol–water partition coefficient (Wildman–Crippen LogP) is 1.30. The smallest absolute Gasteiger partial charge is 0.304 e. The van der Waals surface area contributed by atoms with Crippen LogP contribution >= 0.6 is 23.1 Å². The SMILES string of the molecule is O=C(O)CC1CSCCN1CC(=O)NCCc1cccs1. The molecule has 1 amide bonds. The summed E-state index contributed by atoms with van der Waals surface area (Å²) in [5.74, 6) is 0.923. The zero-order valence-corrected chi connectivity index (χ0v) is 13.4. The molecule has 1 aliphatic heterocycles. The Labute approximate surface area is 132 Å². The van der Waals surface area contributed by atoms with E-state index < -0.39 is 5.97 Å². The summed E-state index contributed by atoms with van der Waals surface area (Å²) in [6.07, 6.45) is 0.952. The predicted molar refractivity (Wildman–Crippen MR) is 86.0 cm³/mol. The number of aliphatic carboxylic acids is 1. The van der Waals surface area contributed by atoms with Crippen LogP contribution < -0.4 is 5.32 Å². The lowest BCUT2D eigenvalue weighted by Gasteiger charge is -2.33. The van der Waals surface area contributed by atoms with E-state index in [9.17, 15) is 9.59 Å². The first-order valence-corrected chi connectivity index (χ1v) is 9.01. The van der Waals surface area contributed by atoms with Crippen molar-refractivity contribution < 1.29 is 14.7 Å². The van der Waals surface area contributed by atoms with Crippen LogP contribution in [0.1, 0.15) is 11.3 Å². The number of carboxylic acid groups (broad SMARTS) is 1. The first-order chi connectivity index (χ1) is 10.1. The van der Waals surface area contributed by atoms with Crippen LogP contribution in [0, 0.1) is 0 Å². The van der Waals surface area contributed by atoms with Crippen LogP contribution in [0.5, 0.6) is 0 Å². The maximum absolute atomic E-state index is 12.0. The number of carbonyl (C=O) groups excluding carboxylic acids is 1. The summed E-state index contributed by atoms with van der Waals surface area (Å²) < 4.78 is 0. The lowest BCUT2D eigenvalue weighted by molar-refractivity contribution is -0.138. The maximum atomic E-state index is 12.0. The third kappa shape index (κ3) is 5.68. The average molecular weight is 328 g/mol. The van der Waals surface area contributed by atoms with Crippen molar-refractivity contribution in [2.75, 3.05) is 31.1 Å². The summed E-state index contributed by atoms with van der Waals surface area (Å²) in [4.78, 5) is 26.1. The van der Waals surface area contributed by atoms with Gasteiger partial charge in [0, 0.05) is 35.5 Å². The first-order valence-electron chi connectivity index (χ1n) is 6.98. The van der Waals surface area contributed by atoms with Gasteiger partial charge in [-0.1, -0.05) is 6.07 Å². The number of carboxylic acids is 1. The van der Waals surface area contributed by atoms with Crippen LogP contribution in [0.3, 0.4) is 0 Å². The summed E-state index contributed by atoms with van der Waals surface area (Å²) in [5.41, 5.74) is 0. The lowest BCUT2D eigenvalue weighted by Crippen LogP contribution is -2.48. The fraction of sp³-hybridized carbons (Fsp3) is 0.571. The van der Waals surface area contributed by atoms with Gasteiger partial charge in [0.15, 0.2) is 0 Å². The molecule has 0 spiro atoms. The van der Waals surface area contributed by atoms with Gasteiger partial charge in [-0.05, 0) is 17.9 Å². The van der Waals surface area contributed by atoms with Crippen LogP contribution in [0.15, 0.2) is 17.5 Å². The van der Waals surface area contributed by atoms with Gasteiger partial charge >= 0.3 is 5.97 Å². The summed E-state index contributed by atoms with van der Waals surface area (Å²) >= 11 is 3.44. The Balaban J connectivity index is 1.73. The van der Waals surface area contributed by atoms with E-state index in [-0.39, 0.29) is 18.4 Å². The fourth-order valence-electron chi connectivity index (χ4n) is 2.31. The zero-order chi connectivity index (χ0) is 15.1. The van der Waals surface area contributed by atoms with Crippen molar-refractivity contribution >= 4 is 35.0 Å². The van der Waals surface area contributed by atoms with Gasteiger partial charge in [-0.15, -0.1) is 11.3 Å². The number of nitrogens with zero attached hydrogens (tertiary/aromatic N) is 1. The molecule has 1 aromatic rings. The zero-order valence-electron chi connectivity index (χ0n) is 11.8. The van der Waals surface area contributed by atoms with Crippen LogP contribution in [0.4, 0.5) is 0 Å². The van der Waals surface area contributed by atoms with Crippen molar-refractivity contribution in [2.24, 2.45) is 0 Å². The molecule has 0 aromatic carbocycles. The Morgan fingerprint density at radius 1 is 1.48 bits per heavy atom. The molecule has 0 saturated carbocycles. The number of rotatable bonds is 7. The van der Waals surface area contributed by atoms with Crippen molar-refractivity contribution in [1.29, 1.82) is 0 Å². The highest BCUT2D eigenvalue weighted by molar-refractivity contribution is 7.99. The van der Waals surface area contributed by atoms with Gasteiger partial charge < -0.3 is 10.4 Å². The second-order valence-corrected chi connectivity index (χ2v) is 7.16. The number of carbonyl (C=O) groups is 2. The number of thiophene rings is 1. The van der Waals surface area contributed by atoms with Crippen molar-refractivity contribution in [3.05, 3.63) is 22.4 Å². The third-order valence-electron chi connectivity index (χ3n) is 3.38. The molecule has 1 atom stereocenters. The highest BCUT2D eigenvalue weighted by Crippen LogP contribution is 2.18. The molecule has 1 unspecified atom stereocenters. The average Bonchev–Trinajstić information content (AvgIpc) is 2.93. The first kappa shape index (κ1) is 16.3. The Morgan fingerprint density at radius 2 is 2.33 bits per heavy atom. The monoisotopic (exact) mass is 328 g/mol. The van der Waals surface area contributed by atoms with Crippen LogP contribution in [-0.4, -0.2) is 59.1 Å². The van der Waals surface area contributed by atoms with Gasteiger partial charge in [0.2, 0.25) is 5.91 Å². The number of hydrogen-bond donors (Lipinski definition) is 2. The van der Waals surface area contributed by atoms with Gasteiger partial charge in [-0.3, -0.25) is 14.5 Å². The van der Waals surface area contributed by atoms with E-state index in [1.165, 1.54) is 4.88 Å². The molecule has 116 valence electrons. The largest absolute Gasteiger partial charge is 0.481 e. The molecule has 1 saturated heterocycles. The van der Waals surface area contributed by atoms with E-state index in [4.69, 9.17) is 5.11 Å². The molecule has 1 aliphatic rings. The Morgan fingerprint density at radius 3 is 3.05 bits per heavy atom. The molecule has 0 aliphatic carbocycles. The molecule has 1 fully saturated rings. The quantitative estimate of drug-likeness (QED) is 0.789. The standard InChI is InChI=1S/C14H20N2O3S2/c17-13(15-4-3-12-2-1-6-21-12)9-16-5-7-20-10-11(16)8-14(18)19/h1-2,6,11H,3-5,7-10H2,(H,15,17)(H,18,19). The van der Waals surface area contributed by atoms with Crippen molar-refractivity contribution in [2.45, 2.75) is 18.9 Å². The molecule has 0 radical (unpaired) electrons. The molecule has 2 heterocycles. The van der Waals surface area contributed by atoms with Gasteiger partial charge in [0.1, 0.15) is 0 Å². The number of amides is 1. The van der Waals surface area contributed by atoms with Crippen LogP contribution in [0.2, 0.25) is 0 Å². The van der Waals surface area contributed by atoms with Gasteiger partial charge in [-0.2, -0.15) is 11.8 Å². The molecule has 2 rings (SSSR count). The minimum absolute atomic E-state index is 0.0196. The Kier molecular flexibility index (Phi) is 6.53. The molecular formula is C14H20N2O3S2. The molecular weight excluding hydrogens is 308 g/mol. The molecule has 5 nitrogen and oxygen atoms in total. The Hall–Kier alpha value is -1.05. The molecule has 1 aromatic heterocycles. The summed E-state index contributed by atoms with van der Waals surface area (Å²) in [5, 5.41) is 13.9. The second kappa shape index (κ2) is 8.41. The minimum atomic E-state index is -0.800. The molecule has 21 heavy (non-hydrogen) atoms. The van der Waals surface area contributed by atoms with E-state index >= 15 is 0 Å². The van der Waals surface area contributed by atoms with E-state index in [1.807, 2.05) is 16.3 Å². The van der Waals surface area contributed by atoms with Crippen molar-refractivity contribution in [3.8, 4) is 0 Å². The van der Waals surface area contributed by atoms with Crippen molar-refractivity contribution in [3.63, 3.8) is 0 Å². The fourth-order valence-corrected chi connectivity index (χ4v) is 4.15. The van der Waals surface area contributed by atoms with Crippen LogP contribution in [-0.2, 0) is 16.0 Å². The lowest BCUT2D eigenvalue weighted by atomic mass is 10.2. The molecule has 2 N–H and O–H groups in total. The van der Waals surface area contributed by atoms with E-state index in [1.54, 1.807) is 23.1 Å². The highest BCUT2D eigenvalue weighted by atomic mass is 32.2. The van der Waals surface area contributed by atoms with Crippen LogP contribution in [0.25, 0.3) is 0 Å². The van der Waals surface area contributed by atoms with E-state index in [0.29, 0.717) is 13.1 Å². The van der Waals surface area contributed by atoms with E-state index in [0.717, 1.165) is 24.5 Å². The summed E-state index contributed by atoms with van der Waals surface area (Å²) in [6, 6.07) is 4.02. The van der Waals surface area contributed by atoms with Gasteiger partial charge in [0.25, 0.3) is 0 Å². The molecule has 0 bridgehead atoms. The minimum Gasteiger partial charge on any atom is -0.481 e. The normalized spacial score (nSPS) is 19.3. The summed E-state index contributed by atoms with van der Waals surface area (Å²) in [6.45, 7) is 1.70. The number of nitrogens with one attached hydrogen (secondary N) is 1. The third-order valence-corrected chi connectivity index (χ3v) is 5.41. The van der Waals surface area contributed by atoms with Gasteiger partial charge in [-0.25, -0.2) is 0 Å². The number of hydrogen-bond acceptors (Lipinski definition) is 5. The summed E-state index contributed by atoms with van der Waals surface area (Å²) in [7, 11) is 0. The molecule has 7 heteroatoms. The number of thioether (sulfide) groups is 1. The second-order valence-electron chi connectivity index (χ2n) is 4.98. The van der Waals surface area contributed by atoms with Gasteiger partial charge in [0.05, 0.1) is 13.0 Å². The van der Waals surface area contributed by atoms with Crippen molar-refractivity contribution in [1.82, 2.24) is 10.2 Å². The maximum Gasteiger partial charge on any atom is 0.304 e. The Bertz CT molecular complexity index is 465. The van der Waals surface area contributed by atoms with E-state index in [2.05, 4.69) is 11.4 Å².